The van der Waals surface area contributed by atoms with Crippen molar-refractivity contribution in [2.75, 3.05) is 24.5 Å². The van der Waals surface area contributed by atoms with Crippen molar-refractivity contribution in [1.29, 1.82) is 0 Å². The van der Waals surface area contributed by atoms with Crippen molar-refractivity contribution in [1.82, 2.24) is 4.72 Å². The summed E-state index contributed by atoms with van der Waals surface area (Å²) in [4.78, 5) is 2.43. The van der Waals surface area contributed by atoms with Crippen LogP contribution < -0.4 is 14.4 Å². The van der Waals surface area contributed by atoms with Crippen molar-refractivity contribution in [3.8, 4) is 5.75 Å². The van der Waals surface area contributed by atoms with Gasteiger partial charge in [0.1, 0.15) is 11.9 Å². The molecule has 0 bridgehead atoms. The summed E-state index contributed by atoms with van der Waals surface area (Å²) in [5.74, 6) is 0.750. The lowest BCUT2D eigenvalue weighted by molar-refractivity contribution is 0.213. The van der Waals surface area contributed by atoms with Crippen LogP contribution >= 0.6 is 0 Å². The highest BCUT2D eigenvalue weighted by Gasteiger charge is 2.24. The number of sulfonamides is 1. The third kappa shape index (κ3) is 3.07. The SMILES string of the molecule is CCCNS(=O)(=O)c1ccc2c(c1)N(CC)CC(C)O2. The minimum Gasteiger partial charge on any atom is -0.487 e. The number of rotatable bonds is 5. The van der Waals surface area contributed by atoms with E-state index in [1.165, 1.54) is 0 Å². The molecular formula is C14H22N2O3S. The van der Waals surface area contributed by atoms with Gasteiger partial charge in [0.25, 0.3) is 0 Å². The number of ether oxygens (including phenoxy) is 1. The largest absolute Gasteiger partial charge is 0.487 e. The van der Waals surface area contributed by atoms with Crippen LogP contribution in [-0.2, 0) is 10.0 Å². The Bertz CT molecular complexity index is 572. The molecule has 0 radical (unpaired) electrons. The predicted molar refractivity (Wildman–Crippen MR) is 79.9 cm³/mol. The molecule has 1 aromatic rings. The molecule has 1 heterocycles. The third-order valence-electron chi connectivity index (χ3n) is 3.31. The second kappa shape index (κ2) is 6.01. The fourth-order valence-electron chi connectivity index (χ4n) is 2.29. The maximum absolute atomic E-state index is 12.2. The first kappa shape index (κ1) is 15.1. The van der Waals surface area contributed by atoms with Gasteiger partial charge >= 0.3 is 0 Å². The van der Waals surface area contributed by atoms with E-state index in [9.17, 15) is 8.42 Å². The van der Waals surface area contributed by atoms with Crippen molar-refractivity contribution in [3.05, 3.63) is 18.2 Å². The van der Waals surface area contributed by atoms with Gasteiger partial charge in [0.05, 0.1) is 17.1 Å². The molecule has 0 fully saturated rings. The van der Waals surface area contributed by atoms with Gasteiger partial charge in [0.15, 0.2) is 0 Å². The van der Waals surface area contributed by atoms with Crippen LogP contribution in [-0.4, -0.2) is 34.2 Å². The smallest absolute Gasteiger partial charge is 0.240 e. The van der Waals surface area contributed by atoms with Gasteiger partial charge in [-0.3, -0.25) is 0 Å². The van der Waals surface area contributed by atoms with E-state index in [0.717, 1.165) is 30.9 Å². The quantitative estimate of drug-likeness (QED) is 0.903. The molecule has 0 saturated carbocycles. The Balaban J connectivity index is 2.36. The van der Waals surface area contributed by atoms with Crippen molar-refractivity contribution in [2.45, 2.75) is 38.2 Å². The van der Waals surface area contributed by atoms with E-state index < -0.39 is 10.0 Å². The van der Waals surface area contributed by atoms with E-state index in [-0.39, 0.29) is 6.10 Å². The molecule has 0 amide bonds. The zero-order chi connectivity index (χ0) is 14.8. The molecule has 1 aliphatic rings. The van der Waals surface area contributed by atoms with Gasteiger partial charge in [-0.15, -0.1) is 0 Å². The van der Waals surface area contributed by atoms with Gasteiger partial charge in [0.2, 0.25) is 10.0 Å². The van der Waals surface area contributed by atoms with Gasteiger partial charge in [-0.25, -0.2) is 13.1 Å². The maximum atomic E-state index is 12.2. The van der Waals surface area contributed by atoms with Crippen LogP contribution in [0, 0.1) is 0 Å². The minimum absolute atomic E-state index is 0.114. The fourth-order valence-corrected chi connectivity index (χ4v) is 3.45. The molecule has 1 aliphatic heterocycles. The van der Waals surface area contributed by atoms with Gasteiger partial charge in [-0.2, -0.15) is 0 Å². The summed E-state index contributed by atoms with van der Waals surface area (Å²) in [5.41, 5.74) is 0.852. The molecule has 5 nitrogen and oxygen atoms in total. The second-order valence-electron chi connectivity index (χ2n) is 4.99. The molecule has 0 spiro atoms. The molecule has 20 heavy (non-hydrogen) atoms. The number of benzene rings is 1. The first-order valence-electron chi connectivity index (χ1n) is 7.03. The van der Waals surface area contributed by atoms with Crippen LogP contribution in [0.4, 0.5) is 5.69 Å². The number of nitrogens with one attached hydrogen (secondary N) is 1. The molecule has 0 aromatic heterocycles. The highest BCUT2D eigenvalue weighted by Crippen LogP contribution is 2.35. The van der Waals surface area contributed by atoms with Gasteiger partial charge in [-0.1, -0.05) is 6.92 Å². The molecule has 0 aliphatic carbocycles. The third-order valence-corrected chi connectivity index (χ3v) is 4.77. The first-order chi connectivity index (χ1) is 9.47. The van der Waals surface area contributed by atoms with Crippen molar-refractivity contribution < 1.29 is 13.2 Å². The molecule has 112 valence electrons. The first-order valence-corrected chi connectivity index (χ1v) is 8.51. The Morgan fingerprint density at radius 1 is 1.40 bits per heavy atom. The summed E-state index contributed by atoms with van der Waals surface area (Å²) < 4.78 is 32.7. The zero-order valence-electron chi connectivity index (χ0n) is 12.2. The zero-order valence-corrected chi connectivity index (χ0v) is 13.0. The molecule has 1 aromatic carbocycles. The molecule has 1 N–H and O–H groups in total. The van der Waals surface area contributed by atoms with Gasteiger partial charge in [-0.05, 0) is 38.5 Å². The summed E-state index contributed by atoms with van der Waals surface area (Å²) in [5, 5.41) is 0. The number of nitrogens with zero attached hydrogens (tertiary/aromatic N) is 1. The van der Waals surface area contributed by atoms with Gasteiger partial charge in [0, 0.05) is 13.1 Å². The van der Waals surface area contributed by atoms with E-state index in [0.29, 0.717) is 11.4 Å². The van der Waals surface area contributed by atoms with Crippen molar-refractivity contribution in [3.63, 3.8) is 0 Å². The lowest BCUT2D eigenvalue weighted by atomic mass is 10.2. The Hall–Kier alpha value is -1.27. The van der Waals surface area contributed by atoms with Crippen LogP contribution in [0.3, 0.4) is 0 Å². The number of fused-ring (bicyclic) bond motifs is 1. The highest BCUT2D eigenvalue weighted by molar-refractivity contribution is 7.89. The molecule has 1 atom stereocenters. The standard InChI is InChI=1S/C14H22N2O3S/c1-4-8-15-20(17,18)12-6-7-14-13(9-12)16(5-2)10-11(3)19-14/h6-7,9,11,15H,4-5,8,10H2,1-3H3. The number of hydrogen-bond acceptors (Lipinski definition) is 4. The van der Waals surface area contributed by atoms with Crippen LogP contribution in [0.2, 0.25) is 0 Å². The molecule has 0 saturated heterocycles. The van der Waals surface area contributed by atoms with Crippen LogP contribution in [0.15, 0.2) is 23.1 Å². The van der Waals surface area contributed by atoms with Gasteiger partial charge < -0.3 is 9.64 Å². The summed E-state index contributed by atoms with van der Waals surface area (Å²) in [6, 6.07) is 5.04. The summed E-state index contributed by atoms with van der Waals surface area (Å²) in [6.07, 6.45) is 0.884. The Morgan fingerprint density at radius 2 is 2.15 bits per heavy atom. The monoisotopic (exact) mass is 298 g/mol. The van der Waals surface area contributed by atoms with E-state index >= 15 is 0 Å². The van der Waals surface area contributed by atoms with Crippen LogP contribution in [0.25, 0.3) is 0 Å². The van der Waals surface area contributed by atoms with E-state index in [1.807, 2.05) is 13.8 Å². The lowest BCUT2D eigenvalue weighted by Crippen LogP contribution is -2.38. The van der Waals surface area contributed by atoms with E-state index in [1.54, 1.807) is 18.2 Å². The van der Waals surface area contributed by atoms with Crippen molar-refractivity contribution in [2.24, 2.45) is 0 Å². The van der Waals surface area contributed by atoms with E-state index in [2.05, 4.69) is 16.5 Å². The number of hydrogen-bond donors (Lipinski definition) is 1. The minimum atomic E-state index is -3.43. The molecular weight excluding hydrogens is 276 g/mol. The van der Waals surface area contributed by atoms with E-state index in [4.69, 9.17) is 4.74 Å². The topological polar surface area (TPSA) is 58.6 Å². The van der Waals surface area contributed by atoms with Crippen LogP contribution in [0.1, 0.15) is 27.2 Å². The molecule has 1 unspecified atom stereocenters. The Labute approximate surface area is 121 Å². The summed E-state index contributed by atoms with van der Waals surface area (Å²) in [7, 11) is -3.43. The normalized spacial score (nSPS) is 18.6. The Morgan fingerprint density at radius 3 is 2.80 bits per heavy atom. The predicted octanol–water partition coefficient (Wildman–Crippen LogP) is 1.98. The average Bonchev–Trinajstić information content (AvgIpc) is 2.43. The van der Waals surface area contributed by atoms with Crippen molar-refractivity contribution >= 4 is 15.7 Å². The fraction of sp³-hybridized carbons (Fsp3) is 0.571. The molecule has 6 heteroatoms. The average molecular weight is 298 g/mol. The Kier molecular flexibility index (Phi) is 4.55. The van der Waals surface area contributed by atoms with Crippen LogP contribution in [0.5, 0.6) is 5.75 Å². The number of likely N-dealkylation sites (N-methyl/N-ethyl adjacent to an activating group) is 1. The highest BCUT2D eigenvalue weighted by atomic mass is 32.2. The maximum Gasteiger partial charge on any atom is 0.240 e. The molecule has 2 rings (SSSR count). The second-order valence-corrected chi connectivity index (χ2v) is 6.76. The summed E-state index contributed by atoms with van der Waals surface area (Å²) in [6.45, 7) is 8.05. The number of anilines is 1. The summed E-state index contributed by atoms with van der Waals surface area (Å²) >= 11 is 0. The lowest BCUT2D eigenvalue weighted by Gasteiger charge is -2.34.